The molecule has 0 unspecified atom stereocenters. The van der Waals surface area contributed by atoms with Crippen LogP contribution in [0.15, 0.2) is 65.4 Å². The molecular formula is C27H34N8O3. The van der Waals surface area contributed by atoms with Gasteiger partial charge in [0.15, 0.2) is 11.5 Å². The number of pyridine rings is 1. The van der Waals surface area contributed by atoms with Crippen molar-refractivity contribution in [2.45, 2.75) is 39.8 Å². The minimum Gasteiger partial charge on any atom is -0.384 e. The van der Waals surface area contributed by atoms with Crippen LogP contribution in [0.3, 0.4) is 0 Å². The number of likely N-dealkylation sites (N-methyl/N-ethyl adjacent to an activating group) is 1. The van der Waals surface area contributed by atoms with E-state index in [9.17, 15) is 14.7 Å². The van der Waals surface area contributed by atoms with E-state index in [4.69, 9.17) is 0 Å². The average molecular weight is 519 g/mol. The Kier molecular flexibility index (Phi) is 7.49. The number of piperazine rings is 1. The third-order valence-corrected chi connectivity index (χ3v) is 6.40. The monoisotopic (exact) mass is 518 g/mol. The molecule has 11 heteroatoms. The van der Waals surface area contributed by atoms with Gasteiger partial charge in [0.2, 0.25) is 11.9 Å². The number of hydrogen-bond donors (Lipinski definition) is 2. The van der Waals surface area contributed by atoms with Crippen LogP contribution in [0.5, 0.6) is 0 Å². The number of hydrogen-bond acceptors (Lipinski definition) is 8. The second-order valence-corrected chi connectivity index (χ2v) is 9.88. The minimum absolute atomic E-state index is 0.0987. The highest BCUT2D eigenvalue weighted by molar-refractivity contribution is 5.79. The highest BCUT2D eigenvalue weighted by Gasteiger charge is 2.22. The Hall–Kier alpha value is -4.25. The molecule has 2 N–H and O–H groups in total. The van der Waals surface area contributed by atoms with Gasteiger partial charge >= 0.3 is 0 Å². The molecule has 4 rings (SSSR count). The van der Waals surface area contributed by atoms with E-state index in [1.807, 2.05) is 37.9 Å². The number of carbonyl (C=O) groups excluding carboxylic acids is 1. The van der Waals surface area contributed by atoms with Crippen LogP contribution in [-0.2, 0) is 16.9 Å². The summed E-state index contributed by atoms with van der Waals surface area (Å²) < 4.78 is 3.10. The highest BCUT2D eigenvalue weighted by Crippen LogP contribution is 2.21. The van der Waals surface area contributed by atoms with Crippen molar-refractivity contribution in [2.75, 3.05) is 32.0 Å². The summed E-state index contributed by atoms with van der Waals surface area (Å²) in [5.41, 5.74) is 1.18. The first-order valence-electron chi connectivity index (χ1n) is 12.4. The molecule has 1 saturated heterocycles. The summed E-state index contributed by atoms with van der Waals surface area (Å²) in [5.74, 6) is 0.854. The first kappa shape index (κ1) is 26.8. The van der Waals surface area contributed by atoms with E-state index in [1.165, 1.54) is 10.9 Å². The van der Waals surface area contributed by atoms with Crippen molar-refractivity contribution in [3.63, 3.8) is 0 Å². The molecule has 4 heterocycles. The number of anilines is 1. The summed E-state index contributed by atoms with van der Waals surface area (Å²) in [6.45, 7) is 13.0. The van der Waals surface area contributed by atoms with Gasteiger partial charge in [0.1, 0.15) is 11.0 Å². The maximum absolute atomic E-state index is 13.2. The Morgan fingerprint density at radius 1 is 1.18 bits per heavy atom. The third kappa shape index (κ3) is 5.52. The fraction of sp³-hybridized carbons (Fsp3) is 0.370. The molecule has 1 fully saturated rings. The van der Waals surface area contributed by atoms with E-state index in [-0.39, 0.29) is 18.0 Å². The van der Waals surface area contributed by atoms with Gasteiger partial charge in [-0.05, 0) is 52.0 Å². The molecule has 1 aliphatic heterocycles. The van der Waals surface area contributed by atoms with E-state index in [1.54, 1.807) is 47.7 Å². The summed E-state index contributed by atoms with van der Waals surface area (Å²) in [6.07, 6.45) is 6.96. The van der Waals surface area contributed by atoms with E-state index in [2.05, 4.69) is 26.8 Å². The van der Waals surface area contributed by atoms with Gasteiger partial charge in [-0.15, -0.1) is 6.58 Å². The van der Waals surface area contributed by atoms with E-state index >= 15 is 0 Å². The van der Waals surface area contributed by atoms with Crippen LogP contribution >= 0.6 is 0 Å². The van der Waals surface area contributed by atoms with Gasteiger partial charge in [-0.2, -0.15) is 4.98 Å². The van der Waals surface area contributed by atoms with Crippen molar-refractivity contribution in [1.82, 2.24) is 34.1 Å². The maximum Gasteiger partial charge on any atom is 0.278 e. The molecule has 3 aromatic heterocycles. The summed E-state index contributed by atoms with van der Waals surface area (Å²) in [5, 5.41) is 14.0. The quantitative estimate of drug-likeness (QED) is 0.344. The molecule has 200 valence electrons. The van der Waals surface area contributed by atoms with E-state index in [0.29, 0.717) is 41.6 Å². The zero-order valence-electron chi connectivity index (χ0n) is 22.5. The van der Waals surface area contributed by atoms with Crippen LogP contribution in [0.4, 0.5) is 5.95 Å². The first-order chi connectivity index (χ1) is 18.0. The van der Waals surface area contributed by atoms with Gasteiger partial charge in [-0.3, -0.25) is 9.59 Å². The van der Waals surface area contributed by atoms with Gasteiger partial charge in [-0.25, -0.2) is 19.3 Å². The molecule has 0 spiro atoms. The summed E-state index contributed by atoms with van der Waals surface area (Å²) in [6, 6.07) is 5.26. The zero-order chi connectivity index (χ0) is 27.6. The van der Waals surface area contributed by atoms with Crippen molar-refractivity contribution in [1.29, 1.82) is 0 Å². The van der Waals surface area contributed by atoms with Crippen LogP contribution < -0.4 is 10.9 Å². The number of allylic oxidation sites excluding steroid dienone is 5. The highest BCUT2D eigenvalue weighted by atomic mass is 16.3. The number of rotatable bonds is 8. The predicted molar refractivity (Wildman–Crippen MR) is 147 cm³/mol. The Balaban J connectivity index is 1.68. The summed E-state index contributed by atoms with van der Waals surface area (Å²) >= 11 is 0. The molecule has 0 bridgehead atoms. The fourth-order valence-corrected chi connectivity index (χ4v) is 4.12. The minimum atomic E-state index is -1.16. The topological polar surface area (TPSA) is 121 Å². The zero-order valence-corrected chi connectivity index (χ0v) is 22.5. The van der Waals surface area contributed by atoms with Gasteiger partial charge in [0, 0.05) is 37.7 Å². The van der Waals surface area contributed by atoms with Crippen molar-refractivity contribution in [3.05, 3.63) is 76.6 Å². The average Bonchev–Trinajstić information content (AvgIpc) is 3.14. The predicted octanol–water partition coefficient (Wildman–Crippen LogP) is 2.38. The number of nitrogens with one attached hydrogen (secondary N) is 1. The largest absolute Gasteiger partial charge is 0.384 e. The molecular weight excluding hydrogens is 484 g/mol. The molecule has 3 aromatic rings. The normalized spacial score (nSPS) is 15.4. The second-order valence-electron chi connectivity index (χ2n) is 9.88. The Morgan fingerprint density at radius 3 is 2.63 bits per heavy atom. The fourth-order valence-electron chi connectivity index (χ4n) is 4.12. The molecule has 11 nitrogen and oxygen atoms in total. The lowest BCUT2D eigenvalue weighted by molar-refractivity contribution is -0.133. The number of carbonyl (C=O) groups is 1. The van der Waals surface area contributed by atoms with Gasteiger partial charge in [0.05, 0.1) is 18.8 Å². The van der Waals surface area contributed by atoms with Crippen LogP contribution in [0, 0.1) is 0 Å². The maximum atomic E-state index is 13.2. The first-order valence-corrected chi connectivity index (χ1v) is 12.4. The number of nitrogens with zero attached hydrogens (tertiary/aromatic N) is 7. The molecule has 1 aliphatic rings. The lowest BCUT2D eigenvalue weighted by Crippen LogP contribution is -2.47. The summed E-state index contributed by atoms with van der Waals surface area (Å²) in [7, 11) is 1.81. The second kappa shape index (κ2) is 10.6. The van der Waals surface area contributed by atoms with Crippen LogP contribution in [0.25, 0.3) is 16.9 Å². The SMILES string of the molecule is C=CCn1c(=O)c2cnc(N/C(C)=C/C=C(\C)N3CCN(C)C(=O)C3)nc2n1-c1cccc(C(C)(C)O)n1. The van der Waals surface area contributed by atoms with Crippen molar-refractivity contribution in [2.24, 2.45) is 0 Å². The van der Waals surface area contributed by atoms with Crippen molar-refractivity contribution < 1.29 is 9.90 Å². The van der Waals surface area contributed by atoms with Crippen LogP contribution in [0.1, 0.15) is 33.4 Å². The van der Waals surface area contributed by atoms with Gasteiger partial charge in [-0.1, -0.05) is 12.1 Å². The number of fused-ring (bicyclic) bond motifs is 1. The van der Waals surface area contributed by atoms with E-state index < -0.39 is 5.60 Å². The van der Waals surface area contributed by atoms with E-state index in [0.717, 1.165) is 17.9 Å². The third-order valence-electron chi connectivity index (χ3n) is 6.40. The molecule has 0 atom stereocenters. The Labute approximate surface area is 221 Å². The van der Waals surface area contributed by atoms with Crippen molar-refractivity contribution in [3.8, 4) is 5.82 Å². The number of aliphatic hydroxyl groups is 1. The lowest BCUT2D eigenvalue weighted by Gasteiger charge is -2.33. The molecule has 0 aliphatic carbocycles. The molecule has 0 saturated carbocycles. The molecule has 0 aromatic carbocycles. The molecule has 1 amide bonds. The van der Waals surface area contributed by atoms with Gasteiger partial charge < -0.3 is 20.2 Å². The smallest absolute Gasteiger partial charge is 0.278 e. The van der Waals surface area contributed by atoms with Gasteiger partial charge in [0.25, 0.3) is 5.56 Å². The van der Waals surface area contributed by atoms with Crippen molar-refractivity contribution >= 4 is 22.9 Å². The van der Waals surface area contributed by atoms with Crippen LogP contribution in [0.2, 0.25) is 0 Å². The standard InChI is InChI=1S/C27H34N8O3/c1-7-13-34-25(37)20-16-28-26(29-18(2)11-12-19(3)33-15-14-32(6)23(36)17-33)31-24(20)35(34)22-10-8-9-21(30-22)27(4,5)38/h7-12,16,38H,1,13-15,17H2,2-6H3,(H,28,29,31)/b18-11+,19-12+. The molecule has 0 radical (unpaired) electrons. The van der Waals surface area contributed by atoms with Crippen LogP contribution in [-0.4, -0.2) is 71.8 Å². The Bertz CT molecular complexity index is 1490. The number of amides is 1. The molecule has 38 heavy (non-hydrogen) atoms. The lowest BCUT2D eigenvalue weighted by atomic mass is 10.1. The summed E-state index contributed by atoms with van der Waals surface area (Å²) in [4.78, 5) is 42.6. The number of aromatic nitrogens is 5. The Morgan fingerprint density at radius 2 is 1.95 bits per heavy atom.